The molecule has 1 N–H and O–H groups in total. The summed E-state index contributed by atoms with van der Waals surface area (Å²) in [6, 6.07) is 8.20. The lowest BCUT2D eigenvalue weighted by Crippen LogP contribution is -2.26. The Morgan fingerprint density at radius 2 is 2.00 bits per heavy atom. The second-order valence-corrected chi connectivity index (χ2v) is 5.92. The molecule has 2 rings (SSSR count). The number of aryl methyl sites for hydroxylation is 2. The van der Waals surface area contributed by atoms with Gasteiger partial charge in [0.25, 0.3) is 5.91 Å². The molecule has 0 radical (unpaired) electrons. The predicted molar refractivity (Wildman–Crippen MR) is 76.1 cm³/mol. The van der Waals surface area contributed by atoms with Gasteiger partial charge in [0.2, 0.25) is 0 Å². The van der Waals surface area contributed by atoms with E-state index in [1.807, 2.05) is 26.0 Å². The average molecular weight is 277 g/mol. The van der Waals surface area contributed by atoms with Crippen LogP contribution < -0.4 is 5.32 Å². The molecule has 1 unspecified atom stereocenters. The molecule has 0 spiro atoms. The molecule has 100 valence electrons. The van der Waals surface area contributed by atoms with E-state index in [1.54, 1.807) is 18.3 Å². The third-order valence-electron chi connectivity index (χ3n) is 2.97. The van der Waals surface area contributed by atoms with Crippen LogP contribution in [0.15, 0.2) is 30.3 Å². The molecule has 4 heteroatoms. The van der Waals surface area contributed by atoms with Crippen LogP contribution in [0.4, 0.5) is 4.39 Å². The Kier molecular flexibility index (Phi) is 4.00. The summed E-state index contributed by atoms with van der Waals surface area (Å²) in [5, 5.41) is 2.94. The maximum atomic E-state index is 13.0. The van der Waals surface area contributed by atoms with Crippen LogP contribution in [0.1, 0.15) is 38.6 Å². The number of carbonyl (C=O) groups is 1. The summed E-state index contributed by atoms with van der Waals surface area (Å²) in [6.07, 6.45) is 0. The molecule has 0 saturated heterocycles. The van der Waals surface area contributed by atoms with Crippen LogP contribution in [0.5, 0.6) is 0 Å². The first kappa shape index (κ1) is 13.7. The fraction of sp³-hybridized carbons (Fsp3) is 0.267. The fourth-order valence-electron chi connectivity index (χ4n) is 1.91. The number of hydrogen-bond donors (Lipinski definition) is 1. The molecule has 0 aliphatic carbocycles. The van der Waals surface area contributed by atoms with Gasteiger partial charge in [0.15, 0.2) is 0 Å². The van der Waals surface area contributed by atoms with Gasteiger partial charge >= 0.3 is 0 Å². The van der Waals surface area contributed by atoms with Gasteiger partial charge in [-0.15, -0.1) is 11.3 Å². The van der Waals surface area contributed by atoms with E-state index >= 15 is 0 Å². The molecule has 1 aromatic heterocycles. The Balaban J connectivity index is 2.12. The molecule has 19 heavy (non-hydrogen) atoms. The van der Waals surface area contributed by atoms with Gasteiger partial charge in [-0.25, -0.2) is 4.39 Å². The van der Waals surface area contributed by atoms with Crippen LogP contribution in [0.25, 0.3) is 0 Å². The van der Waals surface area contributed by atoms with E-state index in [-0.39, 0.29) is 17.8 Å². The van der Waals surface area contributed by atoms with Crippen LogP contribution in [-0.2, 0) is 0 Å². The summed E-state index contributed by atoms with van der Waals surface area (Å²) in [5.74, 6) is -0.493. The van der Waals surface area contributed by atoms with E-state index in [1.165, 1.54) is 23.1 Å². The summed E-state index contributed by atoms with van der Waals surface area (Å²) in [4.78, 5) is 14.5. The highest BCUT2D eigenvalue weighted by atomic mass is 32.1. The van der Waals surface area contributed by atoms with E-state index in [0.29, 0.717) is 11.1 Å². The molecule has 1 heterocycles. The van der Waals surface area contributed by atoms with Gasteiger partial charge in [-0.2, -0.15) is 0 Å². The highest BCUT2D eigenvalue weighted by molar-refractivity contribution is 7.12. The molecule has 1 atom stereocenters. The van der Waals surface area contributed by atoms with Crippen molar-refractivity contribution >= 4 is 17.2 Å². The van der Waals surface area contributed by atoms with E-state index < -0.39 is 0 Å². The second kappa shape index (κ2) is 5.53. The molecule has 0 aliphatic heterocycles. The second-order valence-electron chi connectivity index (χ2n) is 4.60. The van der Waals surface area contributed by atoms with Crippen molar-refractivity contribution in [2.24, 2.45) is 0 Å². The largest absolute Gasteiger partial charge is 0.345 e. The molecule has 2 nitrogen and oxygen atoms in total. The highest BCUT2D eigenvalue weighted by Gasteiger charge is 2.14. The zero-order valence-corrected chi connectivity index (χ0v) is 12.0. The van der Waals surface area contributed by atoms with E-state index in [0.717, 1.165) is 4.88 Å². The minimum Gasteiger partial charge on any atom is -0.345 e. The van der Waals surface area contributed by atoms with Crippen molar-refractivity contribution in [2.45, 2.75) is 26.8 Å². The Bertz CT molecular complexity index is 606. The van der Waals surface area contributed by atoms with Gasteiger partial charge in [-0.3, -0.25) is 4.79 Å². The van der Waals surface area contributed by atoms with Gasteiger partial charge < -0.3 is 5.32 Å². The number of thiophene rings is 1. The van der Waals surface area contributed by atoms with E-state index in [4.69, 9.17) is 0 Å². The van der Waals surface area contributed by atoms with Crippen LogP contribution >= 0.6 is 11.3 Å². The maximum absolute atomic E-state index is 13.0. The van der Waals surface area contributed by atoms with Crippen molar-refractivity contribution in [3.05, 3.63) is 57.0 Å². The molecule has 2 aromatic rings. The molecule has 0 fully saturated rings. The third-order valence-corrected chi connectivity index (χ3v) is 4.15. The van der Waals surface area contributed by atoms with Crippen molar-refractivity contribution in [1.29, 1.82) is 0 Å². The lowest BCUT2D eigenvalue weighted by atomic mass is 10.1. The zero-order chi connectivity index (χ0) is 14.0. The minimum atomic E-state index is -0.323. The van der Waals surface area contributed by atoms with Crippen LogP contribution in [0.2, 0.25) is 0 Å². The number of benzene rings is 1. The summed E-state index contributed by atoms with van der Waals surface area (Å²) in [7, 11) is 0. The Morgan fingerprint density at radius 1 is 1.26 bits per heavy atom. The summed E-state index contributed by atoms with van der Waals surface area (Å²) in [5.41, 5.74) is 1.16. The van der Waals surface area contributed by atoms with Gasteiger partial charge in [0.05, 0.1) is 6.04 Å². The number of hydrogen-bond acceptors (Lipinski definition) is 2. The van der Waals surface area contributed by atoms with E-state index in [2.05, 4.69) is 5.32 Å². The first-order valence-electron chi connectivity index (χ1n) is 6.10. The third kappa shape index (κ3) is 3.20. The molecule has 0 aliphatic rings. The SMILES string of the molecule is Cc1ccc(C(C)NC(=O)c2ccc(F)cc2C)s1. The quantitative estimate of drug-likeness (QED) is 0.903. The number of amides is 1. The standard InChI is InChI=1S/C15H16FNOS/c1-9-8-12(16)5-6-13(9)15(18)17-11(3)14-7-4-10(2)19-14/h4-8,11H,1-3H3,(H,17,18). The van der Waals surface area contributed by atoms with Crippen molar-refractivity contribution in [3.8, 4) is 0 Å². The van der Waals surface area contributed by atoms with E-state index in [9.17, 15) is 9.18 Å². The first-order valence-corrected chi connectivity index (χ1v) is 6.92. The Morgan fingerprint density at radius 3 is 2.58 bits per heavy atom. The Labute approximate surface area is 116 Å². The predicted octanol–water partition coefficient (Wildman–Crippen LogP) is 4.00. The Hall–Kier alpha value is -1.68. The van der Waals surface area contributed by atoms with Crippen molar-refractivity contribution in [3.63, 3.8) is 0 Å². The summed E-state index contributed by atoms with van der Waals surface area (Å²) >= 11 is 1.66. The van der Waals surface area contributed by atoms with Crippen molar-refractivity contribution < 1.29 is 9.18 Å². The topological polar surface area (TPSA) is 29.1 Å². The zero-order valence-electron chi connectivity index (χ0n) is 11.2. The maximum Gasteiger partial charge on any atom is 0.252 e. The monoisotopic (exact) mass is 277 g/mol. The van der Waals surface area contributed by atoms with Gasteiger partial charge in [-0.05, 0) is 56.7 Å². The van der Waals surface area contributed by atoms with Crippen LogP contribution in [-0.4, -0.2) is 5.91 Å². The van der Waals surface area contributed by atoms with Crippen LogP contribution in [0, 0.1) is 19.7 Å². The van der Waals surface area contributed by atoms with Crippen molar-refractivity contribution in [1.82, 2.24) is 5.32 Å². The highest BCUT2D eigenvalue weighted by Crippen LogP contribution is 2.22. The molecular weight excluding hydrogens is 261 g/mol. The smallest absolute Gasteiger partial charge is 0.252 e. The van der Waals surface area contributed by atoms with Crippen LogP contribution in [0.3, 0.4) is 0 Å². The van der Waals surface area contributed by atoms with Gasteiger partial charge in [-0.1, -0.05) is 0 Å². The minimum absolute atomic E-state index is 0.0457. The lowest BCUT2D eigenvalue weighted by molar-refractivity contribution is 0.0940. The van der Waals surface area contributed by atoms with Gasteiger partial charge in [0, 0.05) is 15.3 Å². The normalized spacial score (nSPS) is 12.2. The molecule has 1 amide bonds. The lowest BCUT2D eigenvalue weighted by Gasteiger charge is -2.13. The number of nitrogens with one attached hydrogen (secondary N) is 1. The molecule has 1 aromatic carbocycles. The number of carbonyl (C=O) groups excluding carboxylic acids is 1. The van der Waals surface area contributed by atoms with Gasteiger partial charge in [0.1, 0.15) is 5.82 Å². The average Bonchev–Trinajstić information content (AvgIpc) is 2.75. The fourth-order valence-corrected chi connectivity index (χ4v) is 2.79. The molecular formula is C15H16FNOS. The summed E-state index contributed by atoms with van der Waals surface area (Å²) in [6.45, 7) is 5.72. The first-order chi connectivity index (χ1) is 8.97. The number of rotatable bonds is 3. The summed E-state index contributed by atoms with van der Waals surface area (Å²) < 4.78 is 13.0. The number of halogens is 1. The molecule has 0 saturated carbocycles. The van der Waals surface area contributed by atoms with Crippen molar-refractivity contribution in [2.75, 3.05) is 0 Å². The molecule has 0 bridgehead atoms.